The molecule has 3 heteroatoms. The van der Waals surface area contributed by atoms with Gasteiger partial charge in [0.05, 0.1) is 11.1 Å². The van der Waals surface area contributed by atoms with Crippen LogP contribution in [0.25, 0.3) is 65.7 Å². The smallest absolute Gasteiger partial charge is 0.160 e. The van der Waals surface area contributed by atoms with E-state index in [1.165, 1.54) is 88.3 Å². The maximum atomic E-state index is 7.42. The number of furan rings is 1. The van der Waals surface area contributed by atoms with Gasteiger partial charge in [0.1, 0.15) is 5.58 Å². The first-order valence-corrected chi connectivity index (χ1v) is 29.4. The predicted octanol–water partition coefficient (Wildman–Crippen LogP) is 22.4. The molecule has 2 aliphatic carbocycles. The van der Waals surface area contributed by atoms with Gasteiger partial charge >= 0.3 is 0 Å². The van der Waals surface area contributed by atoms with E-state index in [1.807, 2.05) is 0 Å². The van der Waals surface area contributed by atoms with Gasteiger partial charge in [-0.05, 0) is 183 Å². The van der Waals surface area contributed by atoms with Gasteiger partial charge in [-0.1, -0.05) is 229 Å². The van der Waals surface area contributed by atoms with Crippen LogP contribution >= 0.6 is 0 Å². The fourth-order valence-corrected chi connectivity index (χ4v) is 13.8. The first-order valence-electron chi connectivity index (χ1n) is 29.4. The van der Waals surface area contributed by atoms with Crippen molar-refractivity contribution in [3.63, 3.8) is 0 Å². The van der Waals surface area contributed by atoms with E-state index in [4.69, 9.17) is 4.42 Å². The molecule has 14 rings (SSSR count). The maximum absolute atomic E-state index is 7.42. The normalized spacial score (nSPS) is 13.7. The molecule has 0 atom stereocenters. The van der Waals surface area contributed by atoms with E-state index in [9.17, 15) is 0 Å². The van der Waals surface area contributed by atoms with E-state index in [2.05, 4.69) is 311 Å². The maximum Gasteiger partial charge on any atom is 0.160 e. The van der Waals surface area contributed by atoms with Crippen molar-refractivity contribution in [3.05, 3.63) is 263 Å². The SMILES string of the molecule is CC(C)(C)c1ccc(N(c2ccc(C(C)(C)C)cc2)c2ccc3c4c(c5ccccc5c3c2)-c2c(cc(N(c3ccc(C(C)(C)C)cc3)c3ccc(C(C)(C)C)cc3)c3oc5ccccc5c23)C42c3ccccc3-c3ccccc32)cc1. The summed E-state index contributed by atoms with van der Waals surface area (Å²) in [6, 6.07) is 83.2. The lowest BCUT2D eigenvalue weighted by atomic mass is 9.69. The van der Waals surface area contributed by atoms with Gasteiger partial charge in [-0.2, -0.15) is 0 Å². The molecule has 82 heavy (non-hydrogen) atoms. The minimum absolute atomic E-state index is 0.0152. The summed E-state index contributed by atoms with van der Waals surface area (Å²) < 4.78 is 7.42. The Labute approximate surface area is 484 Å². The van der Waals surface area contributed by atoms with Crippen LogP contribution in [-0.2, 0) is 27.1 Å². The molecule has 1 aromatic heterocycles. The van der Waals surface area contributed by atoms with Crippen molar-refractivity contribution < 1.29 is 4.42 Å². The monoisotopic (exact) mass is 1060 g/mol. The third-order valence-electron chi connectivity index (χ3n) is 18.1. The molecule has 0 saturated carbocycles. The third kappa shape index (κ3) is 7.83. The van der Waals surface area contributed by atoms with E-state index in [0.29, 0.717) is 0 Å². The molecule has 0 radical (unpaired) electrons. The zero-order valence-electron chi connectivity index (χ0n) is 49.6. The van der Waals surface area contributed by atoms with Crippen LogP contribution in [0.15, 0.2) is 223 Å². The molecule has 0 N–H and O–H groups in total. The van der Waals surface area contributed by atoms with Gasteiger partial charge in [-0.25, -0.2) is 0 Å². The van der Waals surface area contributed by atoms with Gasteiger partial charge in [-0.3, -0.25) is 0 Å². The van der Waals surface area contributed by atoms with Crippen LogP contribution in [0.2, 0.25) is 0 Å². The molecule has 0 saturated heterocycles. The van der Waals surface area contributed by atoms with Gasteiger partial charge in [0, 0.05) is 39.2 Å². The lowest BCUT2D eigenvalue weighted by Gasteiger charge is -2.33. The van der Waals surface area contributed by atoms with Crippen molar-refractivity contribution in [1.82, 2.24) is 0 Å². The Balaban J connectivity index is 1.12. The molecular formula is C79H72N2O. The van der Waals surface area contributed by atoms with Crippen molar-refractivity contribution >= 4 is 77.6 Å². The minimum atomic E-state index is -0.730. The molecule has 12 aromatic rings. The highest BCUT2D eigenvalue weighted by Crippen LogP contribution is 2.68. The fourth-order valence-electron chi connectivity index (χ4n) is 13.8. The van der Waals surface area contributed by atoms with Crippen molar-refractivity contribution in [2.75, 3.05) is 9.80 Å². The molecule has 3 nitrogen and oxygen atoms in total. The van der Waals surface area contributed by atoms with Crippen LogP contribution in [0, 0.1) is 0 Å². The number of hydrogen-bond donors (Lipinski definition) is 0. The second kappa shape index (κ2) is 18.2. The topological polar surface area (TPSA) is 19.6 Å². The van der Waals surface area contributed by atoms with Crippen molar-refractivity contribution in [2.24, 2.45) is 0 Å². The van der Waals surface area contributed by atoms with Crippen molar-refractivity contribution in [3.8, 4) is 22.3 Å². The summed E-state index contributed by atoms with van der Waals surface area (Å²) in [6.45, 7) is 27.5. The zero-order valence-corrected chi connectivity index (χ0v) is 49.6. The summed E-state index contributed by atoms with van der Waals surface area (Å²) in [6.07, 6.45) is 0. The number of anilines is 6. The minimum Gasteiger partial charge on any atom is -0.454 e. The van der Waals surface area contributed by atoms with Crippen LogP contribution in [-0.4, -0.2) is 0 Å². The first-order chi connectivity index (χ1) is 39.2. The molecule has 0 fully saturated rings. The molecule has 0 amide bonds. The molecule has 0 bridgehead atoms. The lowest BCUT2D eigenvalue weighted by Crippen LogP contribution is -2.26. The highest BCUT2D eigenvalue weighted by molar-refractivity contribution is 6.27. The summed E-state index contributed by atoms with van der Waals surface area (Å²) >= 11 is 0. The van der Waals surface area contributed by atoms with E-state index in [1.54, 1.807) is 0 Å². The Kier molecular flexibility index (Phi) is 11.4. The number of para-hydroxylation sites is 1. The Hall–Kier alpha value is -8.66. The molecule has 404 valence electrons. The second-order valence-electron chi connectivity index (χ2n) is 27.3. The number of rotatable bonds is 6. The zero-order chi connectivity index (χ0) is 56.8. The van der Waals surface area contributed by atoms with E-state index >= 15 is 0 Å². The average Bonchev–Trinajstić information content (AvgIpc) is 1.50. The molecule has 11 aromatic carbocycles. The Morgan fingerprint density at radius 1 is 0.317 bits per heavy atom. The van der Waals surface area contributed by atoms with E-state index in [-0.39, 0.29) is 21.7 Å². The van der Waals surface area contributed by atoms with E-state index < -0.39 is 5.41 Å². The number of benzene rings is 11. The summed E-state index contributed by atoms with van der Waals surface area (Å²) in [4.78, 5) is 4.92. The highest BCUT2D eigenvalue weighted by Gasteiger charge is 2.54. The largest absolute Gasteiger partial charge is 0.454 e. The highest BCUT2D eigenvalue weighted by atomic mass is 16.3. The fraction of sp³-hybridized carbons (Fsp3) is 0.215. The van der Waals surface area contributed by atoms with Gasteiger partial charge in [0.25, 0.3) is 0 Å². The molecule has 1 heterocycles. The standard InChI is InChI=1S/C79H72N2O/c1-75(2,3)49-29-37-53(38-30-49)80(54-39-31-50(32-40-54)76(4,5)6)57-45-46-62-64(47-57)58-21-13-14-24-61(58)70-72-67(79(73(62)70)65-26-18-15-22-59(65)60-23-16-19-27-66(60)79)48-68(74-71(72)63-25-17-20-28-69(63)82-74)81(55-41-33-51(34-42-55)77(7,8)9)56-43-35-52(36-44-56)78(10,11)12/h13-48H,1-12H3. The molecule has 0 unspecified atom stereocenters. The molecule has 2 aliphatic rings. The van der Waals surface area contributed by atoms with Crippen LogP contribution < -0.4 is 9.80 Å². The van der Waals surface area contributed by atoms with Gasteiger partial charge in [0.2, 0.25) is 0 Å². The predicted molar refractivity (Wildman–Crippen MR) is 349 cm³/mol. The number of hydrogen-bond acceptors (Lipinski definition) is 3. The quantitative estimate of drug-likeness (QED) is 0.155. The Bertz CT molecular complexity index is 4350. The first kappa shape index (κ1) is 51.5. The van der Waals surface area contributed by atoms with Crippen LogP contribution in [0.1, 0.15) is 128 Å². The van der Waals surface area contributed by atoms with Crippen LogP contribution in [0.3, 0.4) is 0 Å². The van der Waals surface area contributed by atoms with E-state index in [0.717, 1.165) is 56.1 Å². The Morgan fingerprint density at radius 3 is 1.20 bits per heavy atom. The van der Waals surface area contributed by atoms with Crippen molar-refractivity contribution in [2.45, 2.75) is 110 Å². The van der Waals surface area contributed by atoms with Crippen molar-refractivity contribution in [1.29, 1.82) is 0 Å². The van der Waals surface area contributed by atoms with Gasteiger partial charge in [-0.15, -0.1) is 0 Å². The Morgan fingerprint density at radius 2 is 0.720 bits per heavy atom. The summed E-state index contributed by atoms with van der Waals surface area (Å²) in [5.41, 5.74) is 22.9. The van der Waals surface area contributed by atoms with Crippen LogP contribution in [0.5, 0.6) is 0 Å². The molecule has 1 spiro atoms. The number of fused-ring (bicyclic) bond motifs is 19. The summed E-state index contributed by atoms with van der Waals surface area (Å²) in [5, 5.41) is 7.14. The van der Waals surface area contributed by atoms with Gasteiger partial charge in [0.15, 0.2) is 5.58 Å². The summed E-state index contributed by atoms with van der Waals surface area (Å²) in [5.74, 6) is 0. The molecular weight excluding hydrogens is 993 g/mol. The third-order valence-corrected chi connectivity index (χ3v) is 18.1. The van der Waals surface area contributed by atoms with Gasteiger partial charge < -0.3 is 14.2 Å². The average molecular weight is 1070 g/mol. The second-order valence-corrected chi connectivity index (χ2v) is 27.3. The van der Waals surface area contributed by atoms with Crippen LogP contribution in [0.4, 0.5) is 34.1 Å². The lowest BCUT2D eigenvalue weighted by molar-refractivity contribution is 0.590. The molecule has 0 aliphatic heterocycles. The number of nitrogens with zero attached hydrogens (tertiary/aromatic N) is 2. The summed E-state index contributed by atoms with van der Waals surface area (Å²) in [7, 11) is 0.